The normalized spacial score (nSPS) is 19.2. The summed E-state index contributed by atoms with van der Waals surface area (Å²) in [6.07, 6.45) is 4.47. The average molecular weight is 197 g/mol. The first-order valence-corrected chi connectivity index (χ1v) is 5.97. The number of rotatable bonds is 5. The standard InChI is InChI=1S/C12H23NO/c1-4-6-7-11(5-2)12(14)13-8-10(3)9-13/h10-11H,4-9H2,1-3H3. The largest absolute Gasteiger partial charge is 0.342 e. The second-order valence-electron chi connectivity index (χ2n) is 4.60. The number of amides is 1. The van der Waals surface area contributed by atoms with Crippen LogP contribution in [0, 0.1) is 11.8 Å². The van der Waals surface area contributed by atoms with Crippen LogP contribution in [0.25, 0.3) is 0 Å². The Bertz CT molecular complexity index is 185. The van der Waals surface area contributed by atoms with E-state index in [9.17, 15) is 4.79 Å². The molecule has 0 aromatic rings. The lowest BCUT2D eigenvalue weighted by atomic mass is 9.94. The molecule has 14 heavy (non-hydrogen) atoms. The van der Waals surface area contributed by atoms with E-state index in [4.69, 9.17) is 0 Å². The molecule has 1 amide bonds. The third-order valence-corrected chi connectivity index (χ3v) is 3.12. The van der Waals surface area contributed by atoms with Crippen LogP contribution in [-0.4, -0.2) is 23.9 Å². The van der Waals surface area contributed by atoms with Crippen LogP contribution in [0.1, 0.15) is 46.5 Å². The summed E-state index contributed by atoms with van der Waals surface area (Å²) in [6.45, 7) is 8.49. The molecule has 0 aromatic heterocycles. The lowest BCUT2D eigenvalue weighted by molar-refractivity contribution is -0.142. The molecule has 0 saturated carbocycles. The summed E-state index contributed by atoms with van der Waals surface area (Å²) in [7, 11) is 0. The average Bonchev–Trinajstić information content (AvgIpc) is 2.14. The summed E-state index contributed by atoms with van der Waals surface area (Å²) in [5.41, 5.74) is 0. The van der Waals surface area contributed by atoms with Crippen molar-refractivity contribution in [2.24, 2.45) is 11.8 Å². The van der Waals surface area contributed by atoms with Crippen LogP contribution in [-0.2, 0) is 4.79 Å². The molecule has 1 aliphatic rings. The minimum absolute atomic E-state index is 0.294. The molecule has 2 nitrogen and oxygen atoms in total. The van der Waals surface area contributed by atoms with Gasteiger partial charge in [0.05, 0.1) is 0 Å². The minimum atomic E-state index is 0.294. The molecule has 0 radical (unpaired) electrons. The van der Waals surface area contributed by atoms with Crippen molar-refractivity contribution in [2.75, 3.05) is 13.1 Å². The first kappa shape index (κ1) is 11.5. The van der Waals surface area contributed by atoms with Crippen molar-refractivity contribution in [1.82, 2.24) is 4.90 Å². The highest BCUT2D eigenvalue weighted by Crippen LogP contribution is 2.22. The van der Waals surface area contributed by atoms with Crippen LogP contribution in [0.3, 0.4) is 0 Å². The number of carbonyl (C=O) groups is 1. The van der Waals surface area contributed by atoms with Crippen molar-refractivity contribution in [3.05, 3.63) is 0 Å². The molecule has 0 aromatic carbocycles. The lowest BCUT2D eigenvalue weighted by Gasteiger charge is -2.39. The maximum absolute atomic E-state index is 11.9. The molecule has 1 unspecified atom stereocenters. The van der Waals surface area contributed by atoms with Gasteiger partial charge in [-0.1, -0.05) is 33.6 Å². The van der Waals surface area contributed by atoms with Crippen molar-refractivity contribution in [1.29, 1.82) is 0 Å². The van der Waals surface area contributed by atoms with Gasteiger partial charge in [-0.3, -0.25) is 4.79 Å². The molecule has 1 saturated heterocycles. The van der Waals surface area contributed by atoms with E-state index < -0.39 is 0 Å². The Morgan fingerprint density at radius 3 is 2.50 bits per heavy atom. The summed E-state index contributed by atoms with van der Waals surface area (Å²) >= 11 is 0. The van der Waals surface area contributed by atoms with E-state index in [0.29, 0.717) is 11.8 Å². The van der Waals surface area contributed by atoms with Gasteiger partial charge in [-0.25, -0.2) is 0 Å². The van der Waals surface area contributed by atoms with Crippen molar-refractivity contribution in [3.8, 4) is 0 Å². The number of hydrogen-bond acceptors (Lipinski definition) is 1. The van der Waals surface area contributed by atoms with Crippen molar-refractivity contribution < 1.29 is 4.79 Å². The first-order chi connectivity index (χ1) is 6.69. The molecular weight excluding hydrogens is 174 g/mol. The Kier molecular flexibility index (Phi) is 4.43. The van der Waals surface area contributed by atoms with E-state index in [1.807, 2.05) is 4.90 Å². The molecule has 0 aliphatic carbocycles. The van der Waals surface area contributed by atoms with Gasteiger partial charge in [0.1, 0.15) is 0 Å². The number of unbranched alkanes of at least 4 members (excludes halogenated alkanes) is 1. The molecule has 0 spiro atoms. The predicted molar refractivity (Wildman–Crippen MR) is 59.1 cm³/mol. The number of likely N-dealkylation sites (tertiary alicyclic amines) is 1. The van der Waals surface area contributed by atoms with E-state index in [1.54, 1.807) is 0 Å². The van der Waals surface area contributed by atoms with Crippen LogP contribution in [0.4, 0.5) is 0 Å². The van der Waals surface area contributed by atoms with Crippen LogP contribution >= 0.6 is 0 Å². The zero-order valence-corrected chi connectivity index (χ0v) is 9.75. The fourth-order valence-corrected chi connectivity index (χ4v) is 2.09. The summed E-state index contributed by atoms with van der Waals surface area (Å²) in [5, 5.41) is 0. The SMILES string of the molecule is CCCCC(CC)C(=O)N1CC(C)C1. The second-order valence-corrected chi connectivity index (χ2v) is 4.60. The molecule has 1 aliphatic heterocycles. The van der Waals surface area contributed by atoms with Crippen LogP contribution in [0.5, 0.6) is 0 Å². The van der Waals surface area contributed by atoms with E-state index in [0.717, 1.165) is 31.8 Å². The Labute approximate surface area is 87.7 Å². The highest BCUT2D eigenvalue weighted by Gasteiger charge is 2.30. The molecule has 1 heterocycles. The van der Waals surface area contributed by atoms with Crippen molar-refractivity contribution in [3.63, 3.8) is 0 Å². The van der Waals surface area contributed by atoms with E-state index in [1.165, 1.54) is 12.8 Å². The third-order valence-electron chi connectivity index (χ3n) is 3.12. The van der Waals surface area contributed by atoms with E-state index >= 15 is 0 Å². The van der Waals surface area contributed by atoms with Gasteiger partial charge in [-0.15, -0.1) is 0 Å². The smallest absolute Gasteiger partial charge is 0.225 e. The number of hydrogen-bond donors (Lipinski definition) is 0. The molecule has 0 bridgehead atoms. The maximum atomic E-state index is 11.9. The fraction of sp³-hybridized carbons (Fsp3) is 0.917. The first-order valence-electron chi connectivity index (χ1n) is 5.97. The van der Waals surface area contributed by atoms with Gasteiger partial charge >= 0.3 is 0 Å². The van der Waals surface area contributed by atoms with Gasteiger partial charge < -0.3 is 4.90 Å². The quantitative estimate of drug-likeness (QED) is 0.663. The van der Waals surface area contributed by atoms with Gasteiger partial charge in [0.25, 0.3) is 0 Å². The van der Waals surface area contributed by atoms with Crippen molar-refractivity contribution >= 4 is 5.91 Å². The minimum Gasteiger partial charge on any atom is -0.342 e. The fourth-order valence-electron chi connectivity index (χ4n) is 2.09. The van der Waals surface area contributed by atoms with E-state index in [-0.39, 0.29) is 0 Å². The monoisotopic (exact) mass is 197 g/mol. The molecule has 1 atom stereocenters. The summed E-state index contributed by atoms with van der Waals surface area (Å²) in [4.78, 5) is 14.0. The summed E-state index contributed by atoms with van der Waals surface area (Å²) in [5.74, 6) is 1.42. The van der Waals surface area contributed by atoms with E-state index in [2.05, 4.69) is 20.8 Å². The third kappa shape index (κ3) is 2.73. The van der Waals surface area contributed by atoms with Gasteiger partial charge in [-0.2, -0.15) is 0 Å². The van der Waals surface area contributed by atoms with Gasteiger partial charge in [0.2, 0.25) is 5.91 Å². The summed E-state index contributed by atoms with van der Waals surface area (Å²) in [6, 6.07) is 0. The number of nitrogens with zero attached hydrogens (tertiary/aromatic N) is 1. The topological polar surface area (TPSA) is 20.3 Å². The zero-order chi connectivity index (χ0) is 10.6. The highest BCUT2D eigenvalue weighted by molar-refractivity contribution is 5.79. The van der Waals surface area contributed by atoms with Crippen LogP contribution in [0.2, 0.25) is 0 Å². The van der Waals surface area contributed by atoms with Gasteiger partial charge in [0, 0.05) is 19.0 Å². The lowest BCUT2D eigenvalue weighted by Crippen LogP contribution is -2.50. The maximum Gasteiger partial charge on any atom is 0.225 e. The molecule has 1 fully saturated rings. The predicted octanol–water partition coefficient (Wildman–Crippen LogP) is 2.68. The van der Waals surface area contributed by atoms with Crippen LogP contribution in [0.15, 0.2) is 0 Å². The Morgan fingerprint density at radius 2 is 2.07 bits per heavy atom. The molecule has 1 rings (SSSR count). The molecular formula is C12H23NO. The van der Waals surface area contributed by atoms with Crippen LogP contribution < -0.4 is 0 Å². The Hall–Kier alpha value is -0.530. The Morgan fingerprint density at radius 1 is 1.43 bits per heavy atom. The van der Waals surface area contributed by atoms with Gasteiger partial charge in [0.15, 0.2) is 0 Å². The second kappa shape index (κ2) is 5.38. The van der Waals surface area contributed by atoms with Gasteiger partial charge in [-0.05, 0) is 18.8 Å². The molecule has 0 N–H and O–H groups in total. The number of carbonyl (C=O) groups excluding carboxylic acids is 1. The zero-order valence-electron chi connectivity index (χ0n) is 9.75. The summed E-state index contributed by atoms with van der Waals surface area (Å²) < 4.78 is 0. The molecule has 2 heteroatoms. The highest BCUT2D eigenvalue weighted by atomic mass is 16.2. The Balaban J connectivity index is 2.32. The molecule has 82 valence electrons. The van der Waals surface area contributed by atoms with Crippen molar-refractivity contribution in [2.45, 2.75) is 46.5 Å².